The summed E-state index contributed by atoms with van der Waals surface area (Å²) in [4.78, 5) is 16.2. The molecule has 2 aromatic rings. The molecule has 0 saturated heterocycles. The summed E-state index contributed by atoms with van der Waals surface area (Å²) in [5.41, 5.74) is 1.08. The van der Waals surface area contributed by atoms with E-state index < -0.39 is 0 Å². The van der Waals surface area contributed by atoms with Gasteiger partial charge >= 0.3 is 0 Å². The van der Waals surface area contributed by atoms with E-state index in [9.17, 15) is 4.79 Å². The third-order valence-corrected chi connectivity index (χ3v) is 4.45. The molecule has 1 unspecified atom stereocenters. The Kier molecular flexibility index (Phi) is 2.89. The summed E-state index contributed by atoms with van der Waals surface area (Å²) >= 11 is 1.61. The highest BCUT2D eigenvalue weighted by atomic mass is 32.2. The van der Waals surface area contributed by atoms with Crippen LogP contribution < -0.4 is 0 Å². The van der Waals surface area contributed by atoms with Gasteiger partial charge in [-0.25, -0.2) is 4.98 Å². The molecule has 1 aliphatic carbocycles. The highest BCUT2D eigenvalue weighted by molar-refractivity contribution is 8.00. The Balaban J connectivity index is 1.87. The first kappa shape index (κ1) is 10.8. The van der Waals surface area contributed by atoms with E-state index in [0.717, 1.165) is 36.4 Å². The molecular formula is C13H14N2OS. The minimum absolute atomic E-state index is 0.106. The molecule has 2 heterocycles. The number of rotatable bonds is 2. The number of Topliss-reactive ketones (excluding diaryl/α,β-unsaturated/α-hetero) is 1. The van der Waals surface area contributed by atoms with Crippen molar-refractivity contribution in [3.63, 3.8) is 0 Å². The van der Waals surface area contributed by atoms with Crippen molar-refractivity contribution in [3.05, 3.63) is 30.6 Å². The smallest absolute Gasteiger partial charge is 0.173 e. The van der Waals surface area contributed by atoms with Gasteiger partial charge in [-0.3, -0.25) is 9.20 Å². The van der Waals surface area contributed by atoms with Crippen LogP contribution in [0.25, 0.3) is 5.52 Å². The molecule has 0 amide bonds. The van der Waals surface area contributed by atoms with Crippen LogP contribution in [-0.2, 0) is 4.79 Å². The molecule has 0 N–H and O–H groups in total. The molecule has 88 valence electrons. The highest BCUT2D eigenvalue weighted by Gasteiger charge is 2.24. The quantitative estimate of drug-likeness (QED) is 0.817. The minimum Gasteiger partial charge on any atom is -0.298 e. The maximum Gasteiger partial charge on any atom is 0.173 e. The fourth-order valence-electron chi connectivity index (χ4n) is 2.21. The number of aromatic nitrogens is 2. The van der Waals surface area contributed by atoms with Crippen molar-refractivity contribution in [1.29, 1.82) is 0 Å². The lowest BCUT2D eigenvalue weighted by molar-refractivity contribution is -0.119. The van der Waals surface area contributed by atoms with Gasteiger partial charge in [0.15, 0.2) is 5.16 Å². The molecule has 0 radical (unpaired) electrons. The highest BCUT2D eigenvalue weighted by Crippen LogP contribution is 2.31. The van der Waals surface area contributed by atoms with E-state index in [-0.39, 0.29) is 5.25 Å². The summed E-state index contributed by atoms with van der Waals surface area (Å²) in [5.74, 6) is 0.383. The predicted molar refractivity (Wildman–Crippen MR) is 68.3 cm³/mol. The lowest BCUT2D eigenvalue weighted by atomic mass is 9.99. The fourth-order valence-corrected chi connectivity index (χ4v) is 3.39. The van der Waals surface area contributed by atoms with Gasteiger partial charge in [-0.2, -0.15) is 0 Å². The van der Waals surface area contributed by atoms with Crippen LogP contribution in [0.15, 0.2) is 35.7 Å². The number of imidazole rings is 1. The van der Waals surface area contributed by atoms with E-state index in [2.05, 4.69) is 4.98 Å². The number of hydrogen-bond donors (Lipinski definition) is 0. The number of ketones is 1. The molecule has 0 aliphatic heterocycles. The SMILES string of the molecule is O=C1CCCCC1Sc1ncc2ccccn12. The first-order valence-corrected chi connectivity index (χ1v) is 6.84. The largest absolute Gasteiger partial charge is 0.298 e. The van der Waals surface area contributed by atoms with Gasteiger partial charge in [-0.1, -0.05) is 24.2 Å². The van der Waals surface area contributed by atoms with Gasteiger partial charge in [0, 0.05) is 12.6 Å². The van der Waals surface area contributed by atoms with E-state index in [0.29, 0.717) is 5.78 Å². The third-order valence-electron chi connectivity index (χ3n) is 3.15. The van der Waals surface area contributed by atoms with E-state index >= 15 is 0 Å². The van der Waals surface area contributed by atoms with Gasteiger partial charge in [0.2, 0.25) is 0 Å². The zero-order valence-corrected chi connectivity index (χ0v) is 10.3. The van der Waals surface area contributed by atoms with Crippen LogP contribution >= 0.6 is 11.8 Å². The first-order chi connectivity index (χ1) is 8.34. The number of hydrogen-bond acceptors (Lipinski definition) is 3. The van der Waals surface area contributed by atoms with E-state index in [1.807, 2.05) is 35.0 Å². The summed E-state index contributed by atoms with van der Waals surface area (Å²) in [6.45, 7) is 0. The number of carbonyl (C=O) groups is 1. The van der Waals surface area contributed by atoms with Crippen LogP contribution in [0, 0.1) is 0 Å². The zero-order chi connectivity index (χ0) is 11.7. The van der Waals surface area contributed by atoms with Gasteiger partial charge in [-0.15, -0.1) is 0 Å². The van der Waals surface area contributed by atoms with Crippen molar-refractivity contribution in [2.24, 2.45) is 0 Å². The second-order valence-electron chi connectivity index (χ2n) is 4.35. The maximum atomic E-state index is 11.8. The monoisotopic (exact) mass is 246 g/mol. The average molecular weight is 246 g/mol. The number of carbonyl (C=O) groups excluding carboxylic acids is 1. The van der Waals surface area contributed by atoms with Crippen LogP contribution in [0.1, 0.15) is 25.7 Å². The van der Waals surface area contributed by atoms with Crippen LogP contribution in [-0.4, -0.2) is 20.4 Å². The lowest BCUT2D eigenvalue weighted by Gasteiger charge is -2.18. The topological polar surface area (TPSA) is 34.4 Å². The molecule has 17 heavy (non-hydrogen) atoms. The Morgan fingerprint density at radius 2 is 2.29 bits per heavy atom. The number of thioether (sulfide) groups is 1. The van der Waals surface area contributed by atoms with Crippen molar-refractivity contribution in [3.8, 4) is 0 Å². The van der Waals surface area contributed by atoms with Crippen LogP contribution in [0.2, 0.25) is 0 Å². The van der Waals surface area contributed by atoms with Crippen molar-refractivity contribution in [2.45, 2.75) is 36.1 Å². The van der Waals surface area contributed by atoms with Gasteiger partial charge < -0.3 is 0 Å². The molecule has 0 spiro atoms. The number of nitrogens with zero attached hydrogens (tertiary/aromatic N) is 2. The van der Waals surface area contributed by atoms with Crippen LogP contribution in [0.3, 0.4) is 0 Å². The van der Waals surface area contributed by atoms with Crippen LogP contribution in [0.4, 0.5) is 0 Å². The number of fused-ring (bicyclic) bond motifs is 1. The van der Waals surface area contributed by atoms with Gasteiger partial charge in [0.25, 0.3) is 0 Å². The maximum absolute atomic E-state index is 11.8. The molecule has 1 aliphatic rings. The molecule has 1 atom stereocenters. The molecule has 1 fully saturated rings. The molecule has 1 saturated carbocycles. The van der Waals surface area contributed by atoms with E-state index in [4.69, 9.17) is 0 Å². The Bertz CT molecular complexity index is 549. The Morgan fingerprint density at radius 3 is 3.18 bits per heavy atom. The summed E-state index contributed by atoms with van der Waals surface area (Å²) in [6.07, 6.45) is 7.80. The summed E-state index contributed by atoms with van der Waals surface area (Å²) < 4.78 is 2.05. The van der Waals surface area contributed by atoms with Crippen molar-refractivity contribution in [2.75, 3.05) is 0 Å². The van der Waals surface area contributed by atoms with Gasteiger partial charge in [0.1, 0.15) is 5.78 Å². The summed E-state index contributed by atoms with van der Waals surface area (Å²) in [7, 11) is 0. The molecule has 3 rings (SSSR count). The van der Waals surface area contributed by atoms with Crippen molar-refractivity contribution in [1.82, 2.24) is 9.38 Å². The standard InChI is InChI=1S/C13H14N2OS/c16-11-6-1-2-7-12(11)17-13-14-9-10-5-3-4-8-15(10)13/h3-5,8-9,12H,1-2,6-7H2. The summed E-state index contributed by atoms with van der Waals surface area (Å²) in [6, 6.07) is 6.01. The fraction of sp³-hybridized carbons (Fsp3) is 0.385. The molecule has 4 heteroatoms. The van der Waals surface area contributed by atoms with E-state index in [1.54, 1.807) is 11.8 Å². The molecule has 0 aromatic carbocycles. The Labute approximate surface area is 104 Å². The molecule has 2 aromatic heterocycles. The Hall–Kier alpha value is -1.29. The Morgan fingerprint density at radius 1 is 1.35 bits per heavy atom. The lowest BCUT2D eigenvalue weighted by Crippen LogP contribution is -2.21. The predicted octanol–water partition coefficient (Wildman–Crippen LogP) is 2.94. The average Bonchev–Trinajstić information content (AvgIpc) is 2.76. The van der Waals surface area contributed by atoms with E-state index in [1.165, 1.54) is 0 Å². The van der Waals surface area contributed by atoms with Crippen molar-refractivity contribution < 1.29 is 4.79 Å². The molecule has 3 nitrogen and oxygen atoms in total. The second kappa shape index (κ2) is 4.53. The first-order valence-electron chi connectivity index (χ1n) is 5.96. The normalized spacial score (nSPS) is 20.9. The minimum atomic E-state index is 0.106. The second-order valence-corrected chi connectivity index (χ2v) is 5.52. The number of pyridine rings is 1. The summed E-state index contributed by atoms with van der Waals surface area (Å²) in [5, 5.41) is 1.04. The van der Waals surface area contributed by atoms with Gasteiger partial charge in [0.05, 0.1) is 17.0 Å². The molecule has 0 bridgehead atoms. The zero-order valence-electron chi connectivity index (χ0n) is 9.50. The van der Waals surface area contributed by atoms with Crippen molar-refractivity contribution >= 4 is 23.1 Å². The molecular weight excluding hydrogens is 232 g/mol. The third kappa shape index (κ3) is 2.09. The van der Waals surface area contributed by atoms with Crippen LogP contribution in [0.5, 0.6) is 0 Å². The van der Waals surface area contributed by atoms with Gasteiger partial charge in [-0.05, 0) is 25.0 Å².